The zero-order valence-corrected chi connectivity index (χ0v) is 19.6. The Kier molecular flexibility index (Phi) is 5.90. The maximum atomic E-state index is 13.3. The van der Waals surface area contributed by atoms with E-state index in [1.165, 1.54) is 4.90 Å². The van der Waals surface area contributed by atoms with Gasteiger partial charge in [0.1, 0.15) is 19.0 Å². The van der Waals surface area contributed by atoms with Crippen molar-refractivity contribution < 1.29 is 38.4 Å². The molecule has 4 heterocycles. The third-order valence-corrected chi connectivity index (χ3v) is 6.83. The van der Waals surface area contributed by atoms with Crippen LogP contribution in [0, 0.1) is 0 Å². The van der Waals surface area contributed by atoms with Crippen LogP contribution in [0.15, 0.2) is 42.0 Å². The van der Waals surface area contributed by atoms with Gasteiger partial charge in [0.05, 0.1) is 24.8 Å². The number of carbonyl (C=O) groups is 2. The van der Waals surface area contributed by atoms with Gasteiger partial charge in [-0.2, -0.15) is 0 Å². The number of benzene rings is 2. The van der Waals surface area contributed by atoms with Crippen LogP contribution >= 0.6 is 0 Å². The third-order valence-electron chi connectivity index (χ3n) is 6.83. The van der Waals surface area contributed by atoms with E-state index >= 15 is 0 Å². The standard InChI is InChI=1S/C26H26N2O8/c29-24(17-2-4-18-20(14-17)34-12-11-33-18)22-23(16-1-3-19-21(13-16)36-15-35-19)28(26(31)25(22)30)6-5-27-7-9-32-10-8-27/h1-4,13-14,23,29H,5-12,15H2/t23-/m1/s1. The molecule has 188 valence electrons. The Morgan fingerprint density at radius 1 is 0.833 bits per heavy atom. The first-order valence-electron chi connectivity index (χ1n) is 12.0. The molecule has 10 nitrogen and oxygen atoms in total. The number of aliphatic hydroxyl groups is 1. The second-order valence-corrected chi connectivity index (χ2v) is 8.92. The first-order valence-corrected chi connectivity index (χ1v) is 12.0. The number of ether oxygens (including phenoxy) is 5. The smallest absolute Gasteiger partial charge is 0.295 e. The highest BCUT2D eigenvalue weighted by Gasteiger charge is 2.46. The summed E-state index contributed by atoms with van der Waals surface area (Å²) in [5, 5.41) is 11.4. The summed E-state index contributed by atoms with van der Waals surface area (Å²) in [4.78, 5) is 30.3. The van der Waals surface area contributed by atoms with Gasteiger partial charge in [0.15, 0.2) is 23.0 Å². The number of carbonyl (C=O) groups excluding carboxylic acids is 2. The normalized spacial score (nSPS) is 22.8. The van der Waals surface area contributed by atoms with Gasteiger partial charge < -0.3 is 33.7 Å². The average Bonchev–Trinajstić information content (AvgIpc) is 3.49. The van der Waals surface area contributed by atoms with Crippen LogP contribution in [0.1, 0.15) is 17.2 Å². The molecule has 2 fully saturated rings. The molecule has 6 rings (SSSR count). The van der Waals surface area contributed by atoms with E-state index in [1.54, 1.807) is 36.4 Å². The molecule has 4 aliphatic rings. The number of hydrogen-bond donors (Lipinski definition) is 1. The second kappa shape index (κ2) is 9.36. The molecule has 0 bridgehead atoms. The van der Waals surface area contributed by atoms with Gasteiger partial charge >= 0.3 is 0 Å². The lowest BCUT2D eigenvalue weighted by molar-refractivity contribution is -0.140. The molecule has 0 aliphatic carbocycles. The van der Waals surface area contributed by atoms with E-state index < -0.39 is 17.7 Å². The van der Waals surface area contributed by atoms with Crippen LogP contribution < -0.4 is 18.9 Å². The molecule has 0 radical (unpaired) electrons. The Morgan fingerprint density at radius 3 is 2.36 bits per heavy atom. The lowest BCUT2D eigenvalue weighted by atomic mass is 9.95. The summed E-state index contributed by atoms with van der Waals surface area (Å²) >= 11 is 0. The number of morpholine rings is 1. The van der Waals surface area contributed by atoms with Crippen molar-refractivity contribution >= 4 is 17.4 Å². The highest BCUT2D eigenvalue weighted by atomic mass is 16.7. The number of Topliss-reactive ketones (excluding diaryl/α,β-unsaturated/α-hetero) is 1. The number of amides is 1. The van der Waals surface area contributed by atoms with Crippen molar-refractivity contribution in [3.8, 4) is 23.0 Å². The van der Waals surface area contributed by atoms with Crippen molar-refractivity contribution in [2.75, 3.05) is 59.4 Å². The van der Waals surface area contributed by atoms with Gasteiger partial charge in [0, 0.05) is 31.7 Å². The minimum absolute atomic E-state index is 0.0255. The van der Waals surface area contributed by atoms with E-state index in [0.717, 1.165) is 13.1 Å². The summed E-state index contributed by atoms with van der Waals surface area (Å²) < 4.78 is 27.6. The summed E-state index contributed by atoms with van der Waals surface area (Å²) in [5.74, 6) is 0.530. The Morgan fingerprint density at radius 2 is 1.53 bits per heavy atom. The summed E-state index contributed by atoms with van der Waals surface area (Å²) in [6.07, 6.45) is 0. The molecule has 10 heteroatoms. The quantitative estimate of drug-likeness (QED) is 0.379. The van der Waals surface area contributed by atoms with E-state index in [-0.39, 0.29) is 18.1 Å². The van der Waals surface area contributed by atoms with Crippen LogP contribution in [0.3, 0.4) is 0 Å². The lowest BCUT2D eigenvalue weighted by Gasteiger charge is -2.31. The second-order valence-electron chi connectivity index (χ2n) is 8.92. The molecular formula is C26H26N2O8. The molecule has 36 heavy (non-hydrogen) atoms. The number of fused-ring (bicyclic) bond motifs is 2. The highest BCUT2D eigenvalue weighted by Crippen LogP contribution is 2.43. The number of aliphatic hydroxyl groups excluding tert-OH is 1. The van der Waals surface area contributed by atoms with Crippen molar-refractivity contribution in [1.29, 1.82) is 0 Å². The Labute approximate surface area is 207 Å². The predicted molar refractivity (Wildman–Crippen MR) is 126 cm³/mol. The van der Waals surface area contributed by atoms with Gasteiger partial charge in [0.2, 0.25) is 6.79 Å². The number of rotatable bonds is 5. The number of nitrogens with zero attached hydrogens (tertiary/aromatic N) is 2. The van der Waals surface area contributed by atoms with Crippen LogP contribution in [0.2, 0.25) is 0 Å². The molecular weight excluding hydrogens is 468 g/mol. The molecule has 2 aromatic rings. The van der Waals surface area contributed by atoms with E-state index in [2.05, 4.69) is 4.90 Å². The third kappa shape index (κ3) is 4.02. The first kappa shape index (κ1) is 22.7. The fraction of sp³-hybridized carbons (Fsp3) is 0.385. The van der Waals surface area contributed by atoms with E-state index in [9.17, 15) is 14.7 Å². The zero-order chi connectivity index (χ0) is 24.6. The van der Waals surface area contributed by atoms with Crippen LogP contribution in [-0.4, -0.2) is 86.0 Å². The lowest BCUT2D eigenvalue weighted by Crippen LogP contribution is -2.42. The average molecular weight is 495 g/mol. The fourth-order valence-electron chi connectivity index (χ4n) is 4.96. The SMILES string of the molecule is O=C1C(=O)N(CCN2CCOCC2)[C@H](c2ccc3c(c2)OCO3)C1=C(O)c1ccc2c(c1)OCCO2. The van der Waals surface area contributed by atoms with E-state index in [4.69, 9.17) is 23.7 Å². The van der Waals surface area contributed by atoms with Crippen molar-refractivity contribution in [3.63, 3.8) is 0 Å². The fourth-order valence-corrected chi connectivity index (χ4v) is 4.96. The molecule has 1 N–H and O–H groups in total. The van der Waals surface area contributed by atoms with Crippen molar-refractivity contribution in [3.05, 3.63) is 53.1 Å². The first-order chi connectivity index (χ1) is 17.6. The summed E-state index contributed by atoms with van der Waals surface area (Å²) in [6.45, 7) is 4.63. The van der Waals surface area contributed by atoms with Crippen molar-refractivity contribution in [2.45, 2.75) is 6.04 Å². The number of likely N-dealkylation sites (tertiary alicyclic amines) is 1. The van der Waals surface area contributed by atoms with Gasteiger partial charge in [-0.05, 0) is 35.9 Å². The predicted octanol–water partition coefficient (Wildman–Crippen LogP) is 1.94. The maximum Gasteiger partial charge on any atom is 0.295 e. The Bertz CT molecular complexity index is 1240. The zero-order valence-electron chi connectivity index (χ0n) is 19.6. The molecule has 2 saturated heterocycles. The van der Waals surface area contributed by atoms with Gasteiger partial charge in [-0.3, -0.25) is 14.5 Å². The van der Waals surface area contributed by atoms with Gasteiger partial charge in [-0.1, -0.05) is 6.07 Å². The minimum atomic E-state index is -0.784. The summed E-state index contributed by atoms with van der Waals surface area (Å²) in [5.41, 5.74) is 1.05. The van der Waals surface area contributed by atoms with Crippen LogP contribution in [0.25, 0.3) is 5.76 Å². The molecule has 0 spiro atoms. The van der Waals surface area contributed by atoms with Crippen LogP contribution in [0.4, 0.5) is 0 Å². The topological polar surface area (TPSA) is 107 Å². The maximum absolute atomic E-state index is 13.3. The van der Waals surface area contributed by atoms with E-state index in [1.807, 2.05) is 0 Å². The van der Waals surface area contributed by atoms with Crippen molar-refractivity contribution in [2.24, 2.45) is 0 Å². The molecule has 1 atom stereocenters. The summed E-state index contributed by atoms with van der Waals surface area (Å²) in [7, 11) is 0. The highest BCUT2D eigenvalue weighted by molar-refractivity contribution is 6.46. The van der Waals surface area contributed by atoms with Gasteiger partial charge in [-0.15, -0.1) is 0 Å². The number of hydrogen-bond acceptors (Lipinski definition) is 9. The molecule has 1 amide bonds. The largest absolute Gasteiger partial charge is 0.507 e. The summed E-state index contributed by atoms with van der Waals surface area (Å²) in [6, 6.07) is 9.49. The van der Waals surface area contributed by atoms with Crippen LogP contribution in [0.5, 0.6) is 23.0 Å². The number of ketones is 1. The van der Waals surface area contributed by atoms with Gasteiger partial charge in [0.25, 0.3) is 11.7 Å². The van der Waals surface area contributed by atoms with Crippen molar-refractivity contribution in [1.82, 2.24) is 9.80 Å². The van der Waals surface area contributed by atoms with E-state index in [0.29, 0.717) is 73.6 Å². The Hall–Kier alpha value is -3.76. The molecule has 0 unspecified atom stereocenters. The minimum Gasteiger partial charge on any atom is -0.507 e. The molecule has 0 saturated carbocycles. The molecule has 2 aromatic carbocycles. The van der Waals surface area contributed by atoms with Crippen LogP contribution in [-0.2, 0) is 14.3 Å². The molecule has 0 aromatic heterocycles. The molecule has 4 aliphatic heterocycles. The van der Waals surface area contributed by atoms with Gasteiger partial charge in [-0.25, -0.2) is 0 Å². The Balaban J connectivity index is 1.40. The monoisotopic (exact) mass is 494 g/mol.